The number of piperidine rings is 1. The molecule has 0 spiro atoms. The summed E-state index contributed by atoms with van der Waals surface area (Å²) >= 11 is 0. The lowest BCUT2D eigenvalue weighted by atomic mass is 9.96. The van der Waals surface area contributed by atoms with Crippen molar-refractivity contribution in [1.82, 2.24) is 20.0 Å². The Balaban J connectivity index is 1.67. The highest BCUT2D eigenvalue weighted by molar-refractivity contribution is 5.86. The fraction of sp³-hybridized carbons (Fsp3) is 0.824. The largest absolute Gasteiger partial charge is 0.467 e. The van der Waals surface area contributed by atoms with E-state index < -0.39 is 12.0 Å². The van der Waals surface area contributed by atoms with E-state index in [1.54, 1.807) is 14.7 Å². The van der Waals surface area contributed by atoms with Crippen molar-refractivity contribution >= 4 is 17.9 Å². The van der Waals surface area contributed by atoms with E-state index in [0.29, 0.717) is 39.4 Å². The highest BCUT2D eigenvalue weighted by Gasteiger charge is 2.40. The molecule has 0 aromatic heterocycles. The van der Waals surface area contributed by atoms with Crippen LogP contribution in [0.3, 0.4) is 0 Å². The normalized spacial score (nSPS) is 25.1. The fourth-order valence-corrected chi connectivity index (χ4v) is 3.81. The molecule has 1 N–H and O–H groups in total. The van der Waals surface area contributed by atoms with Gasteiger partial charge in [-0.3, -0.25) is 4.79 Å². The van der Waals surface area contributed by atoms with Crippen LogP contribution in [0.2, 0.25) is 0 Å². The van der Waals surface area contributed by atoms with E-state index in [0.717, 1.165) is 25.9 Å². The van der Waals surface area contributed by atoms with Gasteiger partial charge in [-0.2, -0.15) is 0 Å². The maximum atomic E-state index is 12.8. The molecule has 3 fully saturated rings. The fourth-order valence-electron chi connectivity index (χ4n) is 3.81. The van der Waals surface area contributed by atoms with E-state index in [9.17, 15) is 14.4 Å². The van der Waals surface area contributed by atoms with Crippen molar-refractivity contribution in [2.45, 2.75) is 18.9 Å². The summed E-state index contributed by atoms with van der Waals surface area (Å²) in [5.74, 6) is -0.399. The van der Waals surface area contributed by atoms with E-state index >= 15 is 0 Å². The van der Waals surface area contributed by atoms with Gasteiger partial charge in [-0.15, -0.1) is 0 Å². The van der Waals surface area contributed by atoms with Crippen molar-refractivity contribution < 1.29 is 23.9 Å². The molecular formula is C17H28N4O5. The summed E-state index contributed by atoms with van der Waals surface area (Å²) in [7, 11) is 1.31. The minimum atomic E-state index is -0.755. The van der Waals surface area contributed by atoms with Gasteiger partial charge >= 0.3 is 12.0 Å². The lowest BCUT2D eigenvalue weighted by Crippen LogP contribution is -2.63. The Labute approximate surface area is 153 Å². The first-order valence-electron chi connectivity index (χ1n) is 9.32. The van der Waals surface area contributed by atoms with Crippen molar-refractivity contribution in [3.05, 3.63) is 0 Å². The predicted molar refractivity (Wildman–Crippen MR) is 92.5 cm³/mol. The lowest BCUT2D eigenvalue weighted by molar-refractivity contribution is -0.151. The first kappa shape index (κ1) is 18.9. The third-order valence-corrected chi connectivity index (χ3v) is 5.38. The second kappa shape index (κ2) is 8.68. The predicted octanol–water partition coefficient (Wildman–Crippen LogP) is -0.876. The molecule has 3 saturated heterocycles. The Kier molecular flexibility index (Phi) is 6.31. The summed E-state index contributed by atoms with van der Waals surface area (Å²) in [6.45, 7) is 4.71. The summed E-state index contributed by atoms with van der Waals surface area (Å²) in [5, 5.41) is 3.25. The number of rotatable bonds is 2. The van der Waals surface area contributed by atoms with E-state index in [4.69, 9.17) is 9.47 Å². The molecule has 0 saturated carbocycles. The van der Waals surface area contributed by atoms with Gasteiger partial charge in [0.05, 0.1) is 26.9 Å². The van der Waals surface area contributed by atoms with Crippen LogP contribution in [0.25, 0.3) is 0 Å². The minimum absolute atomic E-state index is 0.00367. The van der Waals surface area contributed by atoms with Gasteiger partial charge in [-0.25, -0.2) is 9.59 Å². The van der Waals surface area contributed by atoms with Crippen molar-refractivity contribution in [3.63, 3.8) is 0 Å². The van der Waals surface area contributed by atoms with E-state index in [2.05, 4.69) is 5.32 Å². The van der Waals surface area contributed by atoms with Crippen LogP contribution >= 0.6 is 0 Å². The number of ether oxygens (including phenoxy) is 2. The highest BCUT2D eigenvalue weighted by atomic mass is 16.5. The maximum Gasteiger partial charge on any atom is 0.330 e. The van der Waals surface area contributed by atoms with E-state index in [1.165, 1.54) is 7.11 Å². The van der Waals surface area contributed by atoms with Crippen LogP contribution in [0.5, 0.6) is 0 Å². The zero-order chi connectivity index (χ0) is 18.5. The van der Waals surface area contributed by atoms with Gasteiger partial charge in [0, 0.05) is 32.1 Å². The molecule has 0 aromatic carbocycles. The number of carbonyl (C=O) groups is 3. The molecule has 9 nitrogen and oxygen atoms in total. The molecule has 1 atom stereocenters. The Morgan fingerprint density at radius 3 is 2.35 bits per heavy atom. The van der Waals surface area contributed by atoms with Gasteiger partial charge in [0.1, 0.15) is 6.04 Å². The summed E-state index contributed by atoms with van der Waals surface area (Å²) in [5.41, 5.74) is 0. The molecule has 0 radical (unpaired) electrons. The zero-order valence-corrected chi connectivity index (χ0v) is 15.3. The van der Waals surface area contributed by atoms with Crippen LogP contribution < -0.4 is 5.32 Å². The van der Waals surface area contributed by atoms with Crippen molar-refractivity contribution in [3.8, 4) is 0 Å². The first-order chi connectivity index (χ1) is 12.6. The van der Waals surface area contributed by atoms with Gasteiger partial charge in [-0.1, -0.05) is 0 Å². The number of hydrogen-bond donors (Lipinski definition) is 1. The standard InChI is InChI=1S/C17H28N4O5/c1-25-16(23)14-12-20(15(22)13-2-4-18-5-3-13)6-7-21(14)17(24)19-8-10-26-11-9-19/h13-14,18H,2-12H2,1H3. The molecular weight excluding hydrogens is 340 g/mol. The highest BCUT2D eigenvalue weighted by Crippen LogP contribution is 2.20. The third kappa shape index (κ3) is 4.09. The maximum absolute atomic E-state index is 12.8. The lowest BCUT2D eigenvalue weighted by Gasteiger charge is -2.43. The summed E-state index contributed by atoms with van der Waals surface area (Å²) in [6.07, 6.45) is 1.63. The van der Waals surface area contributed by atoms with E-state index in [1.807, 2.05) is 0 Å². The Hall–Kier alpha value is -1.87. The number of morpholine rings is 1. The SMILES string of the molecule is COC(=O)C1CN(C(=O)C2CCNCC2)CCN1C(=O)N1CCOCC1. The Bertz CT molecular complexity index is 531. The second-order valence-electron chi connectivity index (χ2n) is 6.92. The van der Waals surface area contributed by atoms with Crippen LogP contribution in [0.4, 0.5) is 4.79 Å². The average molecular weight is 368 g/mol. The van der Waals surface area contributed by atoms with Crippen LogP contribution in [-0.2, 0) is 19.1 Å². The molecule has 0 bridgehead atoms. The van der Waals surface area contributed by atoms with Crippen molar-refractivity contribution in [2.75, 3.05) is 66.1 Å². The summed E-state index contributed by atoms with van der Waals surface area (Å²) in [4.78, 5) is 42.9. The summed E-state index contributed by atoms with van der Waals surface area (Å²) in [6, 6.07) is -0.938. The number of esters is 1. The zero-order valence-electron chi connectivity index (χ0n) is 15.3. The van der Waals surface area contributed by atoms with Gasteiger partial charge < -0.3 is 29.5 Å². The number of methoxy groups -OCH3 is 1. The van der Waals surface area contributed by atoms with Crippen LogP contribution in [0.1, 0.15) is 12.8 Å². The number of nitrogens with one attached hydrogen (secondary N) is 1. The first-order valence-corrected chi connectivity index (χ1v) is 9.32. The molecule has 3 rings (SSSR count). The van der Waals surface area contributed by atoms with Crippen molar-refractivity contribution in [2.24, 2.45) is 5.92 Å². The minimum Gasteiger partial charge on any atom is -0.467 e. The van der Waals surface area contributed by atoms with Gasteiger partial charge in [0.15, 0.2) is 0 Å². The number of amides is 3. The van der Waals surface area contributed by atoms with Crippen LogP contribution in [-0.4, -0.2) is 105 Å². The molecule has 1 unspecified atom stereocenters. The number of hydrogen-bond acceptors (Lipinski definition) is 6. The number of piperazine rings is 1. The molecule has 0 aliphatic carbocycles. The molecule has 3 aliphatic rings. The number of urea groups is 1. The third-order valence-electron chi connectivity index (χ3n) is 5.38. The number of nitrogens with zero attached hydrogens (tertiary/aromatic N) is 3. The molecule has 26 heavy (non-hydrogen) atoms. The van der Waals surface area contributed by atoms with Crippen molar-refractivity contribution in [1.29, 1.82) is 0 Å². The van der Waals surface area contributed by atoms with Gasteiger partial charge in [0.2, 0.25) is 5.91 Å². The summed E-state index contributed by atoms with van der Waals surface area (Å²) < 4.78 is 10.2. The van der Waals surface area contributed by atoms with Crippen LogP contribution in [0.15, 0.2) is 0 Å². The van der Waals surface area contributed by atoms with Gasteiger partial charge in [0.25, 0.3) is 0 Å². The van der Waals surface area contributed by atoms with E-state index in [-0.39, 0.29) is 24.4 Å². The molecule has 0 aromatic rings. The molecule has 3 aliphatic heterocycles. The quantitative estimate of drug-likeness (QED) is 0.637. The Morgan fingerprint density at radius 1 is 1.00 bits per heavy atom. The number of carbonyl (C=O) groups excluding carboxylic acids is 3. The average Bonchev–Trinajstić information content (AvgIpc) is 2.73. The topological polar surface area (TPSA) is 91.4 Å². The molecule has 3 amide bonds. The monoisotopic (exact) mass is 368 g/mol. The molecule has 3 heterocycles. The van der Waals surface area contributed by atoms with Gasteiger partial charge in [-0.05, 0) is 25.9 Å². The molecule has 9 heteroatoms. The van der Waals surface area contributed by atoms with Crippen LogP contribution in [0, 0.1) is 5.92 Å². The second-order valence-corrected chi connectivity index (χ2v) is 6.92. The smallest absolute Gasteiger partial charge is 0.330 e. The molecule has 146 valence electrons. The Morgan fingerprint density at radius 2 is 1.69 bits per heavy atom.